The molecular formula is C29H24BrNO2. The summed E-state index contributed by atoms with van der Waals surface area (Å²) >= 11 is 3.65. The van der Waals surface area contributed by atoms with Crippen LogP contribution in [0.3, 0.4) is 0 Å². The highest BCUT2D eigenvalue weighted by molar-refractivity contribution is 9.10. The molecule has 4 aromatic rings. The molecule has 164 valence electrons. The number of aryl methyl sites for hydroxylation is 1. The minimum atomic E-state index is 0.447. The number of nitrogens with zero attached hydrogens (tertiary/aromatic N) is 1. The van der Waals surface area contributed by atoms with Crippen LogP contribution in [0.4, 0.5) is 0 Å². The van der Waals surface area contributed by atoms with Crippen LogP contribution < -0.4 is 9.47 Å². The zero-order valence-electron chi connectivity index (χ0n) is 18.6. The van der Waals surface area contributed by atoms with Crippen molar-refractivity contribution in [2.24, 2.45) is 0 Å². The van der Waals surface area contributed by atoms with Crippen molar-refractivity contribution in [1.29, 1.82) is 5.26 Å². The third-order valence-corrected chi connectivity index (χ3v) is 6.05. The number of hydrogen-bond donors (Lipinski definition) is 0. The Morgan fingerprint density at radius 3 is 2.36 bits per heavy atom. The van der Waals surface area contributed by atoms with Gasteiger partial charge in [-0.2, -0.15) is 5.26 Å². The maximum atomic E-state index is 9.87. The number of ether oxygens (including phenoxy) is 2. The van der Waals surface area contributed by atoms with Crippen LogP contribution in [0.25, 0.3) is 22.4 Å². The molecule has 3 nitrogen and oxygen atoms in total. The Hall–Kier alpha value is -3.55. The first-order chi connectivity index (χ1) is 16.1. The van der Waals surface area contributed by atoms with Gasteiger partial charge in [0, 0.05) is 4.47 Å². The Morgan fingerprint density at radius 2 is 1.64 bits per heavy atom. The third-order valence-electron chi connectivity index (χ3n) is 5.36. The molecule has 0 amide bonds. The van der Waals surface area contributed by atoms with E-state index in [2.05, 4.69) is 65.3 Å². The van der Waals surface area contributed by atoms with Crippen molar-refractivity contribution in [3.63, 3.8) is 0 Å². The molecule has 0 spiro atoms. The molecule has 0 aromatic heterocycles. The van der Waals surface area contributed by atoms with Crippen LogP contribution in [-0.2, 0) is 6.61 Å². The van der Waals surface area contributed by atoms with Crippen molar-refractivity contribution < 1.29 is 9.47 Å². The van der Waals surface area contributed by atoms with Gasteiger partial charge in [-0.05, 0) is 65.6 Å². The van der Waals surface area contributed by atoms with Gasteiger partial charge in [-0.3, -0.25) is 0 Å². The number of benzene rings is 4. The fourth-order valence-corrected chi connectivity index (χ4v) is 4.02. The van der Waals surface area contributed by atoms with E-state index < -0.39 is 0 Å². The van der Waals surface area contributed by atoms with Gasteiger partial charge in [0.2, 0.25) is 0 Å². The monoisotopic (exact) mass is 497 g/mol. The van der Waals surface area contributed by atoms with E-state index in [-0.39, 0.29) is 0 Å². The molecule has 4 rings (SSSR count). The van der Waals surface area contributed by atoms with E-state index in [0.29, 0.717) is 30.3 Å². The Kier molecular flexibility index (Phi) is 7.12. The van der Waals surface area contributed by atoms with E-state index in [1.54, 1.807) is 0 Å². The maximum absolute atomic E-state index is 9.87. The summed E-state index contributed by atoms with van der Waals surface area (Å²) in [7, 11) is 0. The summed E-state index contributed by atoms with van der Waals surface area (Å²) < 4.78 is 12.8. The van der Waals surface area contributed by atoms with E-state index in [1.807, 2.05) is 55.5 Å². The van der Waals surface area contributed by atoms with Crippen LogP contribution in [0.1, 0.15) is 29.2 Å². The molecule has 0 saturated heterocycles. The number of rotatable bonds is 7. The SMILES string of the molecule is CCOc1cc(C=C(C#N)c2ccc3ccccc3c2)c(Br)cc1OCc1ccc(C)cc1. The molecule has 0 saturated carbocycles. The van der Waals surface area contributed by atoms with E-state index >= 15 is 0 Å². The Balaban J connectivity index is 1.65. The van der Waals surface area contributed by atoms with Crippen LogP contribution in [0.15, 0.2) is 83.3 Å². The van der Waals surface area contributed by atoms with Crippen molar-refractivity contribution >= 4 is 38.4 Å². The Bertz CT molecular complexity index is 1350. The summed E-state index contributed by atoms with van der Waals surface area (Å²) in [6, 6.07) is 28.6. The van der Waals surface area contributed by atoms with Crippen molar-refractivity contribution in [2.45, 2.75) is 20.5 Å². The fraction of sp³-hybridized carbons (Fsp3) is 0.138. The minimum Gasteiger partial charge on any atom is -0.490 e. The number of nitriles is 1. The molecule has 0 N–H and O–H groups in total. The average molecular weight is 498 g/mol. The van der Waals surface area contributed by atoms with E-state index in [9.17, 15) is 5.26 Å². The van der Waals surface area contributed by atoms with Crippen molar-refractivity contribution in [1.82, 2.24) is 0 Å². The molecule has 0 unspecified atom stereocenters. The first-order valence-electron chi connectivity index (χ1n) is 10.8. The Labute approximate surface area is 203 Å². The molecule has 4 aromatic carbocycles. The lowest BCUT2D eigenvalue weighted by Gasteiger charge is -2.14. The van der Waals surface area contributed by atoms with Gasteiger partial charge in [-0.15, -0.1) is 0 Å². The first-order valence-corrected chi connectivity index (χ1v) is 11.6. The molecule has 0 aliphatic carbocycles. The van der Waals surface area contributed by atoms with Crippen LogP contribution in [0.2, 0.25) is 0 Å². The van der Waals surface area contributed by atoms with Crippen LogP contribution in [-0.4, -0.2) is 6.61 Å². The van der Waals surface area contributed by atoms with Gasteiger partial charge in [0.1, 0.15) is 6.61 Å². The molecular weight excluding hydrogens is 474 g/mol. The molecule has 4 heteroatoms. The number of allylic oxidation sites excluding steroid dienone is 1. The van der Waals surface area contributed by atoms with Crippen LogP contribution >= 0.6 is 15.9 Å². The summed E-state index contributed by atoms with van der Waals surface area (Å²) in [6.07, 6.45) is 1.88. The predicted molar refractivity (Wildman–Crippen MR) is 138 cm³/mol. The maximum Gasteiger partial charge on any atom is 0.162 e. The lowest BCUT2D eigenvalue weighted by molar-refractivity contribution is 0.269. The summed E-state index contributed by atoms with van der Waals surface area (Å²) in [5, 5.41) is 12.1. The van der Waals surface area contributed by atoms with Gasteiger partial charge in [-0.25, -0.2) is 0 Å². The number of hydrogen-bond acceptors (Lipinski definition) is 3. The van der Waals surface area contributed by atoms with E-state index in [0.717, 1.165) is 31.9 Å². The second-order valence-electron chi connectivity index (χ2n) is 7.76. The third kappa shape index (κ3) is 5.45. The standard InChI is InChI=1S/C29H24BrNO2/c1-3-32-28-16-25(27(30)17-29(28)33-19-21-10-8-20(2)9-11-21)15-26(18-31)24-13-12-22-6-4-5-7-23(22)14-24/h4-17H,3,19H2,1-2H3. The normalized spacial score (nSPS) is 11.3. The molecule has 0 aliphatic rings. The molecule has 0 fully saturated rings. The quantitative estimate of drug-likeness (QED) is 0.192. The number of fused-ring (bicyclic) bond motifs is 1. The number of halogens is 1. The molecule has 0 bridgehead atoms. The largest absolute Gasteiger partial charge is 0.490 e. The van der Waals surface area contributed by atoms with Gasteiger partial charge in [0.05, 0.1) is 18.2 Å². The van der Waals surface area contributed by atoms with Gasteiger partial charge in [0.25, 0.3) is 0 Å². The second kappa shape index (κ2) is 10.4. The first kappa shape index (κ1) is 22.6. The highest BCUT2D eigenvalue weighted by Gasteiger charge is 2.12. The molecule has 33 heavy (non-hydrogen) atoms. The van der Waals surface area contributed by atoms with Gasteiger partial charge < -0.3 is 9.47 Å². The lowest BCUT2D eigenvalue weighted by atomic mass is 10.00. The highest BCUT2D eigenvalue weighted by atomic mass is 79.9. The van der Waals surface area contributed by atoms with Crippen molar-refractivity contribution in [3.05, 3.63) is 106 Å². The lowest BCUT2D eigenvalue weighted by Crippen LogP contribution is -2.00. The summed E-state index contributed by atoms with van der Waals surface area (Å²) in [6.45, 7) is 4.97. The van der Waals surface area contributed by atoms with Crippen molar-refractivity contribution in [3.8, 4) is 17.6 Å². The van der Waals surface area contributed by atoms with E-state index in [1.165, 1.54) is 5.56 Å². The van der Waals surface area contributed by atoms with Crippen LogP contribution in [0.5, 0.6) is 11.5 Å². The zero-order valence-corrected chi connectivity index (χ0v) is 20.2. The van der Waals surface area contributed by atoms with Gasteiger partial charge in [-0.1, -0.05) is 82.2 Å². The van der Waals surface area contributed by atoms with Gasteiger partial charge in [0.15, 0.2) is 11.5 Å². The predicted octanol–water partition coefficient (Wildman–Crippen LogP) is 7.95. The average Bonchev–Trinajstić information content (AvgIpc) is 2.84. The highest BCUT2D eigenvalue weighted by Crippen LogP contribution is 2.36. The fourth-order valence-electron chi connectivity index (χ4n) is 3.58. The zero-order chi connectivity index (χ0) is 23.2. The van der Waals surface area contributed by atoms with Crippen LogP contribution in [0, 0.1) is 18.3 Å². The Morgan fingerprint density at radius 1 is 0.909 bits per heavy atom. The summed E-state index contributed by atoms with van der Waals surface area (Å²) in [4.78, 5) is 0. The summed E-state index contributed by atoms with van der Waals surface area (Å²) in [5.41, 5.74) is 4.61. The molecule has 0 heterocycles. The van der Waals surface area contributed by atoms with Gasteiger partial charge >= 0.3 is 0 Å². The summed E-state index contributed by atoms with van der Waals surface area (Å²) in [5.74, 6) is 1.31. The topological polar surface area (TPSA) is 42.2 Å². The molecule has 0 radical (unpaired) electrons. The molecule has 0 atom stereocenters. The minimum absolute atomic E-state index is 0.447. The second-order valence-corrected chi connectivity index (χ2v) is 8.61. The van der Waals surface area contributed by atoms with Crippen molar-refractivity contribution in [2.75, 3.05) is 6.61 Å². The smallest absolute Gasteiger partial charge is 0.162 e. The molecule has 0 aliphatic heterocycles. The van der Waals surface area contributed by atoms with E-state index in [4.69, 9.17) is 9.47 Å².